The van der Waals surface area contributed by atoms with Gasteiger partial charge in [0, 0.05) is 0 Å². The standard InChI is InChI=1S/C21H19N7OS2/c1-14(23-24-20-27(18(29)13-31-20)15-8-4-3-5-9-15)12-26-19-22-16-10-6-7-11-17(16)28(19)25-21(26)30-2/h3-11H,12-13H2,1-2H3/b23-14+,24-20+. The summed E-state index contributed by atoms with van der Waals surface area (Å²) in [7, 11) is 0. The van der Waals surface area contributed by atoms with E-state index in [-0.39, 0.29) is 5.91 Å². The number of rotatable bonds is 5. The number of amidine groups is 1. The molecule has 5 rings (SSSR count). The number of carbonyl (C=O) groups is 1. The second-order valence-corrected chi connectivity index (χ2v) is 8.67. The van der Waals surface area contributed by atoms with Gasteiger partial charge in [0.25, 0.3) is 0 Å². The van der Waals surface area contributed by atoms with Gasteiger partial charge in [-0.25, -0.2) is 4.98 Å². The molecule has 0 unspecified atom stereocenters. The van der Waals surface area contributed by atoms with Gasteiger partial charge < -0.3 is 0 Å². The molecule has 1 amide bonds. The van der Waals surface area contributed by atoms with Crippen molar-refractivity contribution in [2.24, 2.45) is 10.2 Å². The smallest absolute Gasteiger partial charge is 0.243 e. The van der Waals surface area contributed by atoms with Crippen molar-refractivity contribution >= 4 is 62.8 Å². The average Bonchev–Trinajstić information content (AvgIpc) is 3.45. The number of amides is 1. The number of nitrogens with zero attached hydrogens (tertiary/aromatic N) is 7. The van der Waals surface area contributed by atoms with E-state index in [0.717, 1.165) is 33.4 Å². The maximum Gasteiger partial charge on any atom is 0.243 e. The van der Waals surface area contributed by atoms with Gasteiger partial charge in [-0.1, -0.05) is 53.9 Å². The first-order chi connectivity index (χ1) is 15.2. The molecule has 156 valence electrons. The molecular formula is C21H19N7OS2. The molecule has 1 aliphatic rings. The Bertz CT molecular complexity index is 1340. The fourth-order valence-electron chi connectivity index (χ4n) is 3.44. The molecule has 1 saturated heterocycles. The summed E-state index contributed by atoms with van der Waals surface area (Å²) >= 11 is 2.96. The van der Waals surface area contributed by atoms with Crippen molar-refractivity contribution in [3.05, 3.63) is 54.6 Å². The summed E-state index contributed by atoms with van der Waals surface area (Å²) in [5.74, 6) is 1.14. The SMILES string of the molecule is CSc1nn2c3ccccc3nc2n1C/C(C)=N/N=C1/SCC(=O)N1c1ccccc1. The number of anilines is 1. The van der Waals surface area contributed by atoms with Crippen LogP contribution in [0.25, 0.3) is 16.8 Å². The zero-order valence-electron chi connectivity index (χ0n) is 17.0. The molecule has 0 saturated carbocycles. The van der Waals surface area contributed by atoms with Crippen molar-refractivity contribution in [2.75, 3.05) is 16.9 Å². The van der Waals surface area contributed by atoms with Crippen LogP contribution in [-0.4, -0.2) is 48.0 Å². The minimum Gasteiger partial charge on any atom is -0.282 e. The van der Waals surface area contributed by atoms with Crippen LogP contribution in [0, 0.1) is 0 Å². The molecule has 0 spiro atoms. The van der Waals surface area contributed by atoms with Gasteiger partial charge in [-0.3, -0.25) is 14.3 Å². The van der Waals surface area contributed by atoms with E-state index in [0.29, 0.717) is 17.5 Å². The van der Waals surface area contributed by atoms with E-state index in [1.807, 2.05) is 76.9 Å². The second kappa shape index (κ2) is 8.20. The van der Waals surface area contributed by atoms with Crippen LogP contribution in [0.1, 0.15) is 6.92 Å². The Morgan fingerprint density at radius 3 is 2.74 bits per heavy atom. The van der Waals surface area contributed by atoms with Crippen LogP contribution in [0.2, 0.25) is 0 Å². The maximum atomic E-state index is 12.4. The highest BCUT2D eigenvalue weighted by Crippen LogP contribution is 2.26. The van der Waals surface area contributed by atoms with Gasteiger partial charge in [0.05, 0.1) is 34.7 Å². The number of para-hydroxylation sites is 3. The minimum atomic E-state index is 0.00728. The molecular weight excluding hydrogens is 430 g/mol. The van der Waals surface area contributed by atoms with Crippen molar-refractivity contribution < 1.29 is 4.79 Å². The third kappa shape index (κ3) is 3.61. The maximum absolute atomic E-state index is 12.4. The van der Waals surface area contributed by atoms with E-state index in [1.165, 1.54) is 11.8 Å². The van der Waals surface area contributed by atoms with Gasteiger partial charge in [-0.15, -0.1) is 10.2 Å². The lowest BCUT2D eigenvalue weighted by atomic mass is 10.3. The fraction of sp³-hybridized carbons (Fsp3) is 0.190. The van der Waals surface area contributed by atoms with Crippen LogP contribution < -0.4 is 4.90 Å². The first kappa shape index (κ1) is 19.8. The summed E-state index contributed by atoms with van der Waals surface area (Å²) in [6.07, 6.45) is 1.99. The zero-order valence-corrected chi connectivity index (χ0v) is 18.6. The van der Waals surface area contributed by atoms with E-state index >= 15 is 0 Å². The number of aromatic nitrogens is 4. The Balaban J connectivity index is 1.46. The van der Waals surface area contributed by atoms with Gasteiger partial charge >= 0.3 is 0 Å². The summed E-state index contributed by atoms with van der Waals surface area (Å²) in [5, 5.41) is 15.0. The topological polar surface area (TPSA) is 80.1 Å². The lowest BCUT2D eigenvalue weighted by Gasteiger charge is -2.14. The van der Waals surface area contributed by atoms with Gasteiger partial charge in [0.15, 0.2) is 10.3 Å². The number of hydrogen-bond acceptors (Lipinski definition) is 7. The Hall–Kier alpha value is -3.11. The van der Waals surface area contributed by atoms with Crippen LogP contribution in [-0.2, 0) is 11.3 Å². The molecule has 1 fully saturated rings. The zero-order chi connectivity index (χ0) is 21.4. The van der Waals surface area contributed by atoms with Gasteiger partial charge in [0.2, 0.25) is 11.7 Å². The number of fused-ring (bicyclic) bond motifs is 3. The summed E-state index contributed by atoms with van der Waals surface area (Å²) in [6.45, 7) is 2.42. The summed E-state index contributed by atoms with van der Waals surface area (Å²) in [4.78, 5) is 18.7. The highest BCUT2D eigenvalue weighted by molar-refractivity contribution is 8.15. The molecule has 3 heterocycles. The van der Waals surface area contributed by atoms with E-state index in [9.17, 15) is 4.79 Å². The number of thioether (sulfide) groups is 2. The van der Waals surface area contributed by atoms with Gasteiger partial charge in [0.1, 0.15) is 0 Å². The molecule has 1 aliphatic heterocycles. The first-order valence-electron chi connectivity index (χ1n) is 9.65. The van der Waals surface area contributed by atoms with Gasteiger partial charge in [-0.2, -0.15) is 9.62 Å². The van der Waals surface area contributed by atoms with Crippen LogP contribution in [0.4, 0.5) is 5.69 Å². The van der Waals surface area contributed by atoms with Crippen LogP contribution >= 0.6 is 23.5 Å². The normalized spacial score (nSPS) is 16.3. The average molecular weight is 450 g/mol. The van der Waals surface area contributed by atoms with Crippen molar-refractivity contribution in [1.82, 2.24) is 19.2 Å². The van der Waals surface area contributed by atoms with Crippen molar-refractivity contribution in [1.29, 1.82) is 0 Å². The molecule has 2 aromatic heterocycles. The summed E-state index contributed by atoms with van der Waals surface area (Å²) in [6, 6.07) is 17.5. The van der Waals surface area contributed by atoms with E-state index < -0.39 is 0 Å². The molecule has 2 aromatic carbocycles. The predicted molar refractivity (Wildman–Crippen MR) is 127 cm³/mol. The molecule has 8 nitrogen and oxygen atoms in total. The van der Waals surface area contributed by atoms with Crippen molar-refractivity contribution in [3.8, 4) is 0 Å². The molecule has 31 heavy (non-hydrogen) atoms. The second-order valence-electron chi connectivity index (χ2n) is 6.96. The molecule has 10 heteroatoms. The predicted octanol–water partition coefficient (Wildman–Crippen LogP) is 3.92. The molecule has 0 N–H and O–H groups in total. The van der Waals surface area contributed by atoms with Crippen molar-refractivity contribution in [2.45, 2.75) is 18.6 Å². The van der Waals surface area contributed by atoms with Crippen LogP contribution in [0.3, 0.4) is 0 Å². The van der Waals surface area contributed by atoms with E-state index in [2.05, 4.69) is 10.2 Å². The highest BCUT2D eigenvalue weighted by Gasteiger charge is 2.29. The summed E-state index contributed by atoms with van der Waals surface area (Å²) < 4.78 is 3.90. The Morgan fingerprint density at radius 1 is 1.16 bits per heavy atom. The Labute approximate surface area is 187 Å². The Kier molecular flexibility index (Phi) is 5.24. The molecule has 0 atom stereocenters. The number of hydrogen-bond donors (Lipinski definition) is 0. The van der Waals surface area contributed by atoms with Gasteiger partial charge in [-0.05, 0) is 37.4 Å². The molecule has 0 aliphatic carbocycles. The van der Waals surface area contributed by atoms with Crippen molar-refractivity contribution in [3.63, 3.8) is 0 Å². The molecule has 0 radical (unpaired) electrons. The monoisotopic (exact) mass is 449 g/mol. The molecule has 4 aromatic rings. The quantitative estimate of drug-likeness (QED) is 0.262. The van der Waals surface area contributed by atoms with E-state index in [1.54, 1.807) is 16.7 Å². The fourth-order valence-corrected chi connectivity index (χ4v) is 4.79. The third-order valence-corrected chi connectivity index (χ3v) is 6.41. The van der Waals surface area contributed by atoms with Crippen LogP contribution in [0.5, 0.6) is 0 Å². The number of imidazole rings is 1. The van der Waals surface area contributed by atoms with Crippen LogP contribution in [0.15, 0.2) is 70.0 Å². The van der Waals surface area contributed by atoms with E-state index in [4.69, 9.17) is 10.1 Å². The number of benzene rings is 2. The Morgan fingerprint density at radius 2 is 1.94 bits per heavy atom. The summed E-state index contributed by atoms with van der Waals surface area (Å²) in [5.41, 5.74) is 3.47. The lowest BCUT2D eigenvalue weighted by molar-refractivity contribution is -0.115. The molecule has 0 bridgehead atoms. The highest BCUT2D eigenvalue weighted by atomic mass is 32.2. The minimum absolute atomic E-state index is 0.00728. The lowest BCUT2D eigenvalue weighted by Crippen LogP contribution is -2.29. The number of carbonyl (C=O) groups excluding carboxylic acids is 1. The first-order valence-corrected chi connectivity index (χ1v) is 11.9. The third-order valence-electron chi connectivity index (χ3n) is 4.83. The largest absolute Gasteiger partial charge is 0.282 e.